The van der Waals surface area contributed by atoms with Crippen LogP contribution in [0.2, 0.25) is 0 Å². The average Bonchev–Trinajstić information content (AvgIpc) is 3.05. The van der Waals surface area contributed by atoms with Crippen LogP contribution in [-0.2, 0) is 28.5 Å². The number of ketones is 1. The molecule has 1 aromatic rings. The van der Waals surface area contributed by atoms with Crippen LogP contribution in [0.15, 0.2) is 30.3 Å². The molecule has 2 saturated heterocycles. The van der Waals surface area contributed by atoms with Crippen LogP contribution < -0.4 is 0 Å². The molecule has 0 bridgehead atoms. The maximum atomic E-state index is 13.0. The fraction of sp³-hybridized carbons (Fsp3) is 0.600. The van der Waals surface area contributed by atoms with Crippen LogP contribution in [0.4, 0.5) is 0 Å². The fourth-order valence-electron chi connectivity index (χ4n) is 4.15. The Morgan fingerprint density at radius 3 is 2.48 bits per heavy atom. The first-order valence-electron chi connectivity index (χ1n) is 9.10. The quantitative estimate of drug-likeness (QED) is 0.748. The Kier molecular flexibility index (Phi) is 4.19. The third kappa shape index (κ3) is 3.29. The van der Waals surface area contributed by atoms with E-state index in [9.17, 15) is 9.59 Å². The predicted molar refractivity (Wildman–Crippen MR) is 92.9 cm³/mol. The van der Waals surface area contributed by atoms with Gasteiger partial charge in [0.1, 0.15) is 18.3 Å². The van der Waals surface area contributed by atoms with E-state index in [1.54, 1.807) is 52.0 Å². The molecule has 0 unspecified atom stereocenters. The molecule has 0 amide bonds. The summed E-state index contributed by atoms with van der Waals surface area (Å²) in [6, 6.07) is 8.69. The molecule has 3 aliphatic rings. The van der Waals surface area contributed by atoms with Crippen molar-refractivity contribution in [3.05, 3.63) is 35.9 Å². The summed E-state index contributed by atoms with van der Waals surface area (Å²) < 4.78 is 29.2. The van der Waals surface area contributed by atoms with E-state index in [1.165, 1.54) is 0 Å². The van der Waals surface area contributed by atoms with E-state index >= 15 is 0 Å². The van der Waals surface area contributed by atoms with Crippen molar-refractivity contribution in [2.75, 3.05) is 6.61 Å². The van der Waals surface area contributed by atoms with E-state index in [0.29, 0.717) is 12.0 Å². The van der Waals surface area contributed by atoms with Crippen molar-refractivity contribution >= 4 is 11.8 Å². The van der Waals surface area contributed by atoms with Gasteiger partial charge in [-0.2, -0.15) is 0 Å². The number of carbonyl (C=O) groups is 2. The molecule has 1 saturated carbocycles. The molecule has 4 atom stereocenters. The zero-order chi connectivity index (χ0) is 19.4. The zero-order valence-corrected chi connectivity index (χ0v) is 15.9. The summed E-state index contributed by atoms with van der Waals surface area (Å²) in [5, 5.41) is 0. The fourth-order valence-corrected chi connectivity index (χ4v) is 4.15. The van der Waals surface area contributed by atoms with Gasteiger partial charge in [-0.25, -0.2) is 4.79 Å². The van der Waals surface area contributed by atoms with Crippen molar-refractivity contribution < 1.29 is 33.3 Å². The maximum Gasteiger partial charge on any atom is 0.338 e. The van der Waals surface area contributed by atoms with Gasteiger partial charge in [0.25, 0.3) is 0 Å². The average molecular weight is 376 g/mol. The van der Waals surface area contributed by atoms with E-state index in [0.717, 1.165) is 0 Å². The van der Waals surface area contributed by atoms with Gasteiger partial charge >= 0.3 is 5.97 Å². The summed E-state index contributed by atoms with van der Waals surface area (Å²) in [6.45, 7) is 6.90. The van der Waals surface area contributed by atoms with Crippen LogP contribution in [0, 0.1) is 0 Å². The number of esters is 1. The van der Waals surface area contributed by atoms with Gasteiger partial charge in [0.15, 0.2) is 23.5 Å². The molecule has 1 aromatic carbocycles. The standard InChI is InChI=1S/C20H24O7/c1-18(2)24-13-10-20(11-23-17(22)12-8-6-5-7-9-12)16(14(21)15(13)25-18)26-19(3,4)27-20/h5-9,13,15-16H,10-11H2,1-4H3/t13-,15-,16+,20+/m1/s1. The molecule has 3 fully saturated rings. The van der Waals surface area contributed by atoms with Crippen molar-refractivity contribution in [2.45, 2.75) is 69.6 Å². The lowest BCUT2D eigenvalue weighted by atomic mass is 9.78. The molecular formula is C20H24O7. The first-order valence-corrected chi connectivity index (χ1v) is 9.10. The second-order valence-electron chi connectivity index (χ2n) is 8.21. The molecule has 0 N–H and O–H groups in total. The first-order chi connectivity index (χ1) is 12.6. The number of hydrogen-bond acceptors (Lipinski definition) is 7. The monoisotopic (exact) mass is 376 g/mol. The van der Waals surface area contributed by atoms with Crippen LogP contribution in [0.1, 0.15) is 44.5 Å². The van der Waals surface area contributed by atoms with Gasteiger partial charge in [-0.05, 0) is 39.8 Å². The topological polar surface area (TPSA) is 80.3 Å². The van der Waals surface area contributed by atoms with Gasteiger partial charge in [-0.1, -0.05) is 18.2 Å². The van der Waals surface area contributed by atoms with Gasteiger partial charge in [0.2, 0.25) is 0 Å². The largest absolute Gasteiger partial charge is 0.459 e. The highest BCUT2D eigenvalue weighted by Gasteiger charge is 2.66. The minimum Gasteiger partial charge on any atom is -0.459 e. The third-order valence-electron chi connectivity index (χ3n) is 5.05. The highest BCUT2D eigenvalue weighted by molar-refractivity contribution is 5.91. The number of benzene rings is 1. The number of carbonyl (C=O) groups excluding carboxylic acids is 2. The van der Waals surface area contributed by atoms with Crippen LogP contribution in [0.25, 0.3) is 0 Å². The lowest BCUT2D eigenvalue weighted by Crippen LogP contribution is -2.60. The van der Waals surface area contributed by atoms with Crippen LogP contribution in [0.3, 0.4) is 0 Å². The molecule has 2 aliphatic heterocycles. The van der Waals surface area contributed by atoms with Crippen molar-refractivity contribution in [3.63, 3.8) is 0 Å². The lowest BCUT2D eigenvalue weighted by molar-refractivity contribution is -0.183. The van der Waals surface area contributed by atoms with Crippen molar-refractivity contribution in [1.82, 2.24) is 0 Å². The molecule has 146 valence electrons. The molecule has 0 radical (unpaired) electrons. The molecule has 27 heavy (non-hydrogen) atoms. The zero-order valence-electron chi connectivity index (χ0n) is 15.9. The molecule has 2 heterocycles. The first kappa shape index (κ1) is 18.6. The number of rotatable bonds is 3. The van der Waals surface area contributed by atoms with Gasteiger partial charge in [0.05, 0.1) is 11.7 Å². The number of ether oxygens (including phenoxy) is 5. The van der Waals surface area contributed by atoms with Gasteiger partial charge in [-0.3, -0.25) is 4.79 Å². The number of hydrogen-bond donors (Lipinski definition) is 0. The molecule has 1 aliphatic carbocycles. The SMILES string of the molecule is CC1(C)O[C@@H]2C[C@@]3(COC(=O)c4ccccc4)OC(C)(C)O[C@H]3C(=O)[C@@H]2O1. The summed E-state index contributed by atoms with van der Waals surface area (Å²) in [5.41, 5.74) is -0.666. The number of Topliss-reactive ketones (excluding diaryl/α,β-unsaturated/α-hetero) is 1. The summed E-state index contributed by atoms with van der Waals surface area (Å²) in [5.74, 6) is -2.55. The van der Waals surface area contributed by atoms with Gasteiger partial charge in [0, 0.05) is 6.42 Å². The minimum atomic E-state index is -1.10. The van der Waals surface area contributed by atoms with Gasteiger partial charge < -0.3 is 23.7 Å². The van der Waals surface area contributed by atoms with Crippen molar-refractivity contribution in [1.29, 1.82) is 0 Å². The second-order valence-corrected chi connectivity index (χ2v) is 8.21. The Hall–Kier alpha value is -1.80. The summed E-state index contributed by atoms with van der Waals surface area (Å²) in [7, 11) is 0. The van der Waals surface area contributed by atoms with Crippen molar-refractivity contribution in [2.24, 2.45) is 0 Å². The minimum absolute atomic E-state index is 0.104. The molecule has 7 nitrogen and oxygen atoms in total. The lowest BCUT2D eigenvalue weighted by Gasteiger charge is -2.38. The highest BCUT2D eigenvalue weighted by Crippen LogP contribution is 2.48. The Labute approximate surface area is 157 Å². The second kappa shape index (κ2) is 6.10. The summed E-state index contributed by atoms with van der Waals surface area (Å²) >= 11 is 0. The highest BCUT2D eigenvalue weighted by atomic mass is 16.8. The van der Waals surface area contributed by atoms with E-state index in [1.807, 2.05) is 6.07 Å². The van der Waals surface area contributed by atoms with Crippen LogP contribution in [0.5, 0.6) is 0 Å². The Morgan fingerprint density at radius 1 is 1.07 bits per heavy atom. The molecule has 4 rings (SSSR count). The molecule has 0 aromatic heterocycles. The van der Waals surface area contributed by atoms with E-state index < -0.39 is 41.5 Å². The molecule has 0 spiro atoms. The Bertz CT molecular complexity index is 757. The predicted octanol–water partition coefficient (Wildman–Crippen LogP) is 2.23. The normalized spacial score (nSPS) is 36.1. The van der Waals surface area contributed by atoms with Crippen molar-refractivity contribution in [3.8, 4) is 0 Å². The van der Waals surface area contributed by atoms with Crippen LogP contribution in [-0.4, -0.2) is 53.8 Å². The van der Waals surface area contributed by atoms with Gasteiger partial charge in [-0.15, -0.1) is 0 Å². The summed E-state index contributed by atoms with van der Waals surface area (Å²) in [4.78, 5) is 25.4. The van der Waals surface area contributed by atoms with E-state index in [-0.39, 0.29) is 12.4 Å². The van der Waals surface area contributed by atoms with E-state index in [4.69, 9.17) is 23.7 Å². The maximum absolute atomic E-state index is 13.0. The Balaban J connectivity index is 1.58. The smallest absolute Gasteiger partial charge is 0.338 e. The van der Waals surface area contributed by atoms with E-state index in [2.05, 4.69) is 0 Å². The molecule has 7 heteroatoms. The summed E-state index contributed by atoms with van der Waals surface area (Å²) in [6.07, 6.45) is -1.73. The molecular weight excluding hydrogens is 352 g/mol. The Morgan fingerprint density at radius 2 is 1.78 bits per heavy atom. The number of fused-ring (bicyclic) bond motifs is 2. The van der Waals surface area contributed by atoms with Crippen LogP contribution >= 0.6 is 0 Å². The third-order valence-corrected chi connectivity index (χ3v) is 5.05.